The number of guanidine groups is 1. The highest BCUT2D eigenvalue weighted by molar-refractivity contribution is 14.0. The van der Waals surface area contributed by atoms with Gasteiger partial charge in [0.1, 0.15) is 5.75 Å². The number of carbonyl (C=O) groups excluding carboxylic acids is 1. The highest BCUT2D eigenvalue weighted by atomic mass is 127. The first-order valence-electron chi connectivity index (χ1n) is 10.3. The number of hydrogen-bond acceptors (Lipinski definition) is 4. The van der Waals surface area contributed by atoms with Gasteiger partial charge in [-0.3, -0.25) is 4.99 Å². The molecule has 1 aromatic rings. The number of hydrogen-bond donors (Lipinski definition) is 2. The average molecular weight is 516 g/mol. The Morgan fingerprint density at radius 1 is 1.31 bits per heavy atom. The Morgan fingerprint density at radius 3 is 2.76 bits per heavy atom. The molecule has 29 heavy (non-hydrogen) atoms. The van der Waals surface area contributed by atoms with E-state index in [1.54, 1.807) is 12.0 Å². The van der Waals surface area contributed by atoms with Crippen LogP contribution in [0.4, 0.5) is 4.79 Å². The van der Waals surface area contributed by atoms with Gasteiger partial charge in [-0.2, -0.15) is 0 Å². The summed E-state index contributed by atoms with van der Waals surface area (Å²) in [5.41, 5.74) is 8.87. The van der Waals surface area contributed by atoms with Crippen LogP contribution in [0.5, 0.6) is 5.75 Å². The molecular formula is C21H33IN4O3. The molecule has 0 saturated carbocycles. The highest BCUT2D eigenvalue weighted by Crippen LogP contribution is 2.33. The van der Waals surface area contributed by atoms with Crippen LogP contribution in [0.2, 0.25) is 0 Å². The van der Waals surface area contributed by atoms with Crippen molar-refractivity contribution in [1.82, 2.24) is 10.2 Å². The summed E-state index contributed by atoms with van der Waals surface area (Å²) in [5, 5.41) is 3.32. The van der Waals surface area contributed by atoms with Gasteiger partial charge in [0.15, 0.2) is 5.96 Å². The van der Waals surface area contributed by atoms with Gasteiger partial charge in [-0.25, -0.2) is 4.79 Å². The van der Waals surface area contributed by atoms with E-state index < -0.39 is 0 Å². The number of nitrogens with two attached hydrogens (primary N) is 1. The number of methoxy groups -OCH3 is 1. The van der Waals surface area contributed by atoms with E-state index in [2.05, 4.69) is 22.4 Å². The van der Waals surface area contributed by atoms with Crippen molar-refractivity contribution in [2.24, 2.45) is 10.7 Å². The highest BCUT2D eigenvalue weighted by Gasteiger charge is 2.24. The molecule has 0 spiro atoms. The second-order valence-electron chi connectivity index (χ2n) is 7.48. The van der Waals surface area contributed by atoms with E-state index in [1.165, 1.54) is 17.5 Å². The molecule has 3 N–H and O–H groups in total. The fourth-order valence-electron chi connectivity index (χ4n) is 4.09. The summed E-state index contributed by atoms with van der Waals surface area (Å²) >= 11 is 0. The number of piperidine rings is 1. The van der Waals surface area contributed by atoms with Gasteiger partial charge in [0.25, 0.3) is 0 Å². The van der Waals surface area contributed by atoms with E-state index in [-0.39, 0.29) is 36.1 Å². The van der Waals surface area contributed by atoms with E-state index in [0.29, 0.717) is 38.1 Å². The summed E-state index contributed by atoms with van der Waals surface area (Å²) in [6.45, 7) is 4.29. The van der Waals surface area contributed by atoms with Crippen LogP contribution < -0.4 is 15.8 Å². The van der Waals surface area contributed by atoms with Gasteiger partial charge in [-0.15, -0.1) is 24.0 Å². The van der Waals surface area contributed by atoms with Crippen molar-refractivity contribution in [3.05, 3.63) is 29.3 Å². The van der Waals surface area contributed by atoms with Gasteiger partial charge >= 0.3 is 6.09 Å². The molecule has 1 heterocycles. The summed E-state index contributed by atoms with van der Waals surface area (Å²) in [6.07, 6.45) is 4.87. The quantitative estimate of drug-likeness (QED) is 0.357. The van der Waals surface area contributed by atoms with Crippen LogP contribution in [0.25, 0.3) is 0 Å². The van der Waals surface area contributed by atoms with Crippen molar-refractivity contribution in [2.75, 3.05) is 33.4 Å². The van der Waals surface area contributed by atoms with Gasteiger partial charge in [-0.05, 0) is 62.3 Å². The van der Waals surface area contributed by atoms with Crippen molar-refractivity contribution < 1.29 is 14.3 Å². The first-order valence-corrected chi connectivity index (χ1v) is 10.3. The minimum absolute atomic E-state index is 0. The van der Waals surface area contributed by atoms with Crippen LogP contribution in [-0.4, -0.2) is 56.3 Å². The molecular weight excluding hydrogens is 483 g/mol. The zero-order chi connectivity index (χ0) is 19.9. The molecule has 1 aromatic carbocycles. The maximum Gasteiger partial charge on any atom is 0.409 e. The Labute approximate surface area is 190 Å². The molecule has 1 atom stereocenters. The smallest absolute Gasteiger partial charge is 0.409 e. The lowest BCUT2D eigenvalue weighted by molar-refractivity contribution is 0.0963. The molecule has 1 aliphatic heterocycles. The molecule has 1 amide bonds. The number of aliphatic imine (C=N–C) groups is 1. The van der Waals surface area contributed by atoms with Crippen LogP contribution in [0.15, 0.2) is 23.2 Å². The predicted octanol–water partition coefficient (Wildman–Crippen LogP) is 3.26. The van der Waals surface area contributed by atoms with Crippen molar-refractivity contribution in [3.8, 4) is 5.75 Å². The van der Waals surface area contributed by atoms with Gasteiger partial charge in [0.05, 0.1) is 13.7 Å². The number of fused-ring (bicyclic) bond motifs is 1. The minimum atomic E-state index is -0.227. The molecule has 7 nitrogen and oxygen atoms in total. The number of nitrogens with one attached hydrogen (secondary N) is 1. The Bertz CT molecular complexity index is 705. The number of rotatable bonds is 5. The third-order valence-electron chi connectivity index (χ3n) is 5.64. The number of benzene rings is 1. The Balaban J connectivity index is 0.00000300. The molecule has 8 heteroatoms. The number of halogens is 1. The van der Waals surface area contributed by atoms with Gasteiger partial charge in [-0.1, -0.05) is 6.07 Å². The molecule has 0 bridgehead atoms. The molecule has 1 unspecified atom stereocenters. The maximum atomic E-state index is 11.8. The average Bonchev–Trinajstić information content (AvgIpc) is 2.72. The fourth-order valence-corrected chi connectivity index (χ4v) is 4.09. The number of aryl methyl sites for hydroxylation is 1. The number of carbonyl (C=O) groups is 1. The van der Waals surface area contributed by atoms with E-state index in [4.69, 9.17) is 15.2 Å². The third-order valence-corrected chi connectivity index (χ3v) is 5.64. The monoisotopic (exact) mass is 516 g/mol. The predicted molar refractivity (Wildman–Crippen MR) is 125 cm³/mol. The van der Waals surface area contributed by atoms with E-state index >= 15 is 0 Å². The van der Waals surface area contributed by atoms with Crippen molar-refractivity contribution >= 4 is 36.0 Å². The molecule has 1 aliphatic carbocycles. The molecule has 162 valence electrons. The normalized spacial score (nSPS) is 19.7. The van der Waals surface area contributed by atoms with Crippen molar-refractivity contribution in [1.29, 1.82) is 0 Å². The minimum Gasteiger partial charge on any atom is -0.497 e. The second kappa shape index (κ2) is 11.5. The molecule has 1 fully saturated rings. The van der Waals surface area contributed by atoms with Crippen LogP contribution in [0, 0.1) is 0 Å². The van der Waals surface area contributed by atoms with Crippen molar-refractivity contribution in [3.63, 3.8) is 0 Å². The van der Waals surface area contributed by atoms with E-state index in [9.17, 15) is 4.79 Å². The number of ether oxygens (including phenoxy) is 2. The van der Waals surface area contributed by atoms with Gasteiger partial charge < -0.3 is 25.4 Å². The summed E-state index contributed by atoms with van der Waals surface area (Å²) in [4.78, 5) is 18.1. The maximum absolute atomic E-state index is 11.8. The Morgan fingerprint density at radius 2 is 2.07 bits per heavy atom. The lowest BCUT2D eigenvalue weighted by atomic mass is 9.83. The van der Waals surface area contributed by atoms with E-state index in [0.717, 1.165) is 31.4 Å². The zero-order valence-corrected chi connectivity index (χ0v) is 19.7. The summed E-state index contributed by atoms with van der Waals surface area (Å²) in [6, 6.07) is 6.59. The number of likely N-dealkylation sites (tertiary alicyclic amines) is 1. The summed E-state index contributed by atoms with van der Waals surface area (Å²) in [7, 11) is 1.70. The Hall–Kier alpha value is -1.71. The standard InChI is InChI=1S/C21H32N4O3.HI/c1-3-28-21(26)25-11-9-17(10-12-25)24-20(22)23-14-16-6-4-5-15-13-18(27-2)7-8-19(15)16;/h7-8,13,16-17H,3-6,9-12,14H2,1-2H3,(H3,22,23,24);1H. The van der Waals surface area contributed by atoms with Crippen molar-refractivity contribution in [2.45, 2.75) is 51.0 Å². The summed E-state index contributed by atoms with van der Waals surface area (Å²) in [5.74, 6) is 1.81. The number of nitrogens with zero attached hydrogens (tertiary/aromatic N) is 2. The topological polar surface area (TPSA) is 89.2 Å². The molecule has 0 radical (unpaired) electrons. The molecule has 1 saturated heterocycles. The lowest BCUT2D eigenvalue weighted by Crippen LogP contribution is -2.48. The SMILES string of the molecule is CCOC(=O)N1CCC(NC(N)=NCC2CCCc3cc(OC)ccc32)CC1.I. The van der Waals surface area contributed by atoms with Crippen LogP contribution in [0.1, 0.15) is 49.7 Å². The van der Waals surface area contributed by atoms with Gasteiger partial charge in [0.2, 0.25) is 0 Å². The second-order valence-corrected chi connectivity index (χ2v) is 7.48. The van der Waals surface area contributed by atoms with Crippen LogP contribution in [0.3, 0.4) is 0 Å². The van der Waals surface area contributed by atoms with Gasteiger partial charge in [0, 0.05) is 31.6 Å². The van der Waals surface area contributed by atoms with Crippen LogP contribution in [-0.2, 0) is 11.2 Å². The largest absolute Gasteiger partial charge is 0.497 e. The van der Waals surface area contributed by atoms with E-state index in [1.807, 2.05) is 13.0 Å². The van der Waals surface area contributed by atoms with Crippen LogP contribution >= 0.6 is 24.0 Å². The zero-order valence-electron chi connectivity index (χ0n) is 17.4. The fraction of sp³-hybridized carbons (Fsp3) is 0.619. The molecule has 3 rings (SSSR count). The lowest BCUT2D eigenvalue weighted by Gasteiger charge is -2.32. The summed E-state index contributed by atoms with van der Waals surface area (Å²) < 4.78 is 10.4. The Kier molecular flexibility index (Phi) is 9.32. The molecule has 0 aromatic heterocycles. The number of amides is 1. The first-order chi connectivity index (χ1) is 13.6. The first kappa shape index (κ1) is 23.6. The third kappa shape index (κ3) is 6.38. The molecule has 2 aliphatic rings.